The van der Waals surface area contributed by atoms with E-state index in [1.165, 1.54) is 0 Å². The molecule has 0 aliphatic rings. The van der Waals surface area contributed by atoms with Crippen molar-refractivity contribution >= 4 is 15.7 Å². The first-order chi connectivity index (χ1) is 7.33. The van der Waals surface area contributed by atoms with Crippen LogP contribution in [0.4, 0.5) is 5.69 Å². The highest BCUT2D eigenvalue weighted by molar-refractivity contribution is 7.92. The highest BCUT2D eigenvalue weighted by Gasteiger charge is 2.10. The molecule has 0 radical (unpaired) electrons. The third kappa shape index (κ3) is 3.41. The van der Waals surface area contributed by atoms with Gasteiger partial charge in [-0.2, -0.15) is 0 Å². The Hall–Kier alpha value is -1.23. The maximum Gasteiger partial charge on any atom is 0.229 e. The van der Waals surface area contributed by atoms with Crippen LogP contribution in [-0.4, -0.2) is 21.8 Å². The van der Waals surface area contributed by atoms with Gasteiger partial charge in [0.1, 0.15) is 5.75 Å². The van der Waals surface area contributed by atoms with Crippen molar-refractivity contribution < 1.29 is 13.2 Å². The molecule has 0 aliphatic heterocycles. The van der Waals surface area contributed by atoms with Crippen molar-refractivity contribution in [2.75, 3.05) is 18.1 Å². The summed E-state index contributed by atoms with van der Waals surface area (Å²) in [5.74, 6) is 1.05. The van der Waals surface area contributed by atoms with Crippen LogP contribution in [0, 0.1) is 0 Å². The van der Waals surface area contributed by atoms with Crippen LogP contribution in [0.1, 0.15) is 25.3 Å². The lowest BCUT2D eigenvalue weighted by Gasteiger charge is -2.13. The molecule has 0 spiro atoms. The van der Waals surface area contributed by atoms with Gasteiger partial charge in [-0.25, -0.2) is 8.42 Å². The van der Waals surface area contributed by atoms with Crippen LogP contribution >= 0.6 is 0 Å². The van der Waals surface area contributed by atoms with Crippen LogP contribution in [-0.2, 0) is 10.0 Å². The van der Waals surface area contributed by atoms with E-state index in [-0.39, 0.29) is 5.92 Å². The molecule has 0 heterocycles. The summed E-state index contributed by atoms with van der Waals surface area (Å²) in [7, 11) is -1.63. The summed E-state index contributed by atoms with van der Waals surface area (Å²) in [4.78, 5) is 0. The number of benzene rings is 1. The summed E-state index contributed by atoms with van der Waals surface area (Å²) in [6.45, 7) is 4.06. The number of nitrogens with one attached hydrogen (secondary N) is 1. The monoisotopic (exact) mass is 243 g/mol. The minimum atomic E-state index is -3.23. The summed E-state index contributed by atoms with van der Waals surface area (Å²) < 4.78 is 29.8. The molecule has 0 bridgehead atoms. The van der Waals surface area contributed by atoms with E-state index in [9.17, 15) is 8.42 Å². The number of hydrogen-bond acceptors (Lipinski definition) is 3. The summed E-state index contributed by atoms with van der Waals surface area (Å²) in [5.41, 5.74) is 1.54. The highest BCUT2D eigenvalue weighted by Crippen LogP contribution is 2.29. The Kier molecular flexibility index (Phi) is 3.80. The zero-order valence-electron chi connectivity index (χ0n) is 9.94. The number of rotatable bonds is 4. The molecule has 5 heteroatoms. The van der Waals surface area contributed by atoms with Crippen molar-refractivity contribution in [1.82, 2.24) is 0 Å². The number of hydrogen-bond donors (Lipinski definition) is 1. The highest BCUT2D eigenvalue weighted by atomic mass is 32.2. The average Bonchev–Trinajstić information content (AvgIpc) is 2.15. The zero-order chi connectivity index (χ0) is 12.3. The van der Waals surface area contributed by atoms with Gasteiger partial charge >= 0.3 is 0 Å². The first-order valence-electron chi connectivity index (χ1n) is 4.99. The van der Waals surface area contributed by atoms with Crippen LogP contribution in [0.3, 0.4) is 0 Å². The fraction of sp³-hybridized carbons (Fsp3) is 0.455. The van der Waals surface area contributed by atoms with Crippen molar-refractivity contribution in [2.45, 2.75) is 19.8 Å². The van der Waals surface area contributed by atoms with Crippen LogP contribution in [0.2, 0.25) is 0 Å². The van der Waals surface area contributed by atoms with Crippen LogP contribution in [0.5, 0.6) is 5.75 Å². The molecule has 1 rings (SSSR count). The van der Waals surface area contributed by atoms with Gasteiger partial charge in [-0.15, -0.1) is 0 Å². The van der Waals surface area contributed by atoms with Gasteiger partial charge in [-0.1, -0.05) is 13.8 Å². The smallest absolute Gasteiger partial charge is 0.229 e. The zero-order valence-corrected chi connectivity index (χ0v) is 10.8. The van der Waals surface area contributed by atoms with E-state index in [4.69, 9.17) is 4.74 Å². The Morgan fingerprint density at radius 1 is 1.31 bits per heavy atom. The summed E-state index contributed by atoms with van der Waals surface area (Å²) in [6, 6.07) is 5.25. The Morgan fingerprint density at radius 2 is 1.94 bits per heavy atom. The fourth-order valence-electron chi connectivity index (χ4n) is 1.46. The molecule has 1 N–H and O–H groups in total. The SMILES string of the molecule is COc1ccc(NS(C)(=O)=O)cc1C(C)C. The van der Waals surface area contributed by atoms with E-state index in [0.29, 0.717) is 5.69 Å². The average molecular weight is 243 g/mol. The molecule has 0 atom stereocenters. The number of sulfonamides is 1. The minimum absolute atomic E-state index is 0.274. The lowest BCUT2D eigenvalue weighted by atomic mass is 10.0. The second kappa shape index (κ2) is 4.74. The van der Waals surface area contributed by atoms with E-state index in [2.05, 4.69) is 4.72 Å². The first-order valence-corrected chi connectivity index (χ1v) is 6.88. The van der Waals surface area contributed by atoms with Gasteiger partial charge in [0.2, 0.25) is 10.0 Å². The molecule has 4 nitrogen and oxygen atoms in total. The van der Waals surface area contributed by atoms with Gasteiger partial charge in [-0.05, 0) is 29.7 Å². The second-order valence-electron chi connectivity index (χ2n) is 3.99. The third-order valence-corrected chi connectivity index (χ3v) is 2.76. The lowest BCUT2D eigenvalue weighted by molar-refractivity contribution is 0.407. The first kappa shape index (κ1) is 12.8. The van der Waals surface area contributed by atoms with Gasteiger partial charge in [-0.3, -0.25) is 4.72 Å². The van der Waals surface area contributed by atoms with Gasteiger partial charge < -0.3 is 4.74 Å². The van der Waals surface area contributed by atoms with E-state index >= 15 is 0 Å². The molecule has 0 unspecified atom stereocenters. The molecule has 1 aromatic rings. The van der Waals surface area contributed by atoms with Crippen molar-refractivity contribution in [1.29, 1.82) is 0 Å². The Morgan fingerprint density at radius 3 is 2.38 bits per heavy atom. The quantitative estimate of drug-likeness (QED) is 0.882. The van der Waals surface area contributed by atoms with Gasteiger partial charge in [0.15, 0.2) is 0 Å². The molecule has 0 fully saturated rings. The summed E-state index contributed by atoms with van der Waals surface area (Å²) in [6.07, 6.45) is 1.13. The minimum Gasteiger partial charge on any atom is -0.496 e. The maximum atomic E-state index is 11.1. The maximum absolute atomic E-state index is 11.1. The second-order valence-corrected chi connectivity index (χ2v) is 5.73. The Labute approximate surface area is 96.7 Å². The van der Waals surface area contributed by atoms with Crippen molar-refractivity contribution in [2.24, 2.45) is 0 Å². The molecule has 16 heavy (non-hydrogen) atoms. The van der Waals surface area contributed by atoms with Gasteiger partial charge in [0, 0.05) is 5.69 Å². The molecule has 0 aliphatic carbocycles. The van der Waals surface area contributed by atoms with E-state index < -0.39 is 10.0 Å². The fourth-order valence-corrected chi connectivity index (χ4v) is 2.02. The van der Waals surface area contributed by atoms with E-state index in [1.807, 2.05) is 13.8 Å². The van der Waals surface area contributed by atoms with Crippen molar-refractivity contribution in [3.05, 3.63) is 23.8 Å². The summed E-state index contributed by atoms with van der Waals surface area (Å²) in [5, 5.41) is 0. The van der Waals surface area contributed by atoms with Crippen LogP contribution in [0.25, 0.3) is 0 Å². The Balaban J connectivity index is 3.12. The van der Waals surface area contributed by atoms with Crippen molar-refractivity contribution in [3.8, 4) is 5.75 Å². The molecular formula is C11H17NO3S. The molecule has 90 valence electrons. The van der Waals surface area contributed by atoms with Crippen LogP contribution in [0.15, 0.2) is 18.2 Å². The van der Waals surface area contributed by atoms with E-state index in [1.54, 1.807) is 25.3 Å². The lowest BCUT2D eigenvalue weighted by Crippen LogP contribution is -2.10. The van der Waals surface area contributed by atoms with Gasteiger partial charge in [0.05, 0.1) is 13.4 Å². The van der Waals surface area contributed by atoms with E-state index in [0.717, 1.165) is 17.6 Å². The summed E-state index contributed by atoms with van der Waals surface area (Å²) >= 11 is 0. The Bertz CT molecular complexity index is 466. The van der Waals surface area contributed by atoms with Crippen LogP contribution < -0.4 is 9.46 Å². The largest absolute Gasteiger partial charge is 0.496 e. The van der Waals surface area contributed by atoms with Gasteiger partial charge in [0.25, 0.3) is 0 Å². The number of ether oxygens (including phenoxy) is 1. The predicted octanol–water partition coefficient (Wildman–Crippen LogP) is 2.19. The number of anilines is 1. The molecule has 1 aromatic carbocycles. The molecule has 0 aromatic heterocycles. The topological polar surface area (TPSA) is 55.4 Å². The standard InChI is InChI=1S/C11H17NO3S/c1-8(2)10-7-9(12-16(4,13)14)5-6-11(10)15-3/h5-8,12H,1-4H3. The normalized spacial score (nSPS) is 11.6. The number of methoxy groups -OCH3 is 1. The molecular weight excluding hydrogens is 226 g/mol. The van der Waals surface area contributed by atoms with Crippen molar-refractivity contribution in [3.63, 3.8) is 0 Å². The molecule has 0 saturated carbocycles. The third-order valence-electron chi connectivity index (χ3n) is 2.15. The predicted molar refractivity (Wildman–Crippen MR) is 65.5 cm³/mol. The molecule has 0 saturated heterocycles. The molecule has 0 amide bonds.